The summed E-state index contributed by atoms with van der Waals surface area (Å²) in [6.45, 7) is 2.59. The number of benzene rings is 1. The van der Waals surface area contributed by atoms with Gasteiger partial charge in [-0.2, -0.15) is 11.3 Å². The van der Waals surface area contributed by atoms with Gasteiger partial charge in [-0.1, -0.05) is 0 Å². The molecule has 0 spiro atoms. The fourth-order valence-electron chi connectivity index (χ4n) is 2.36. The number of hydrogen-bond acceptors (Lipinski definition) is 5. The summed E-state index contributed by atoms with van der Waals surface area (Å²) < 4.78 is 10.5. The maximum Gasteiger partial charge on any atom is 0.124 e. The SMILES string of the molecule is COc1ccc(OC)c(C(O)CNC(C)Cc2ccsc2)c1. The van der Waals surface area contributed by atoms with Crippen LogP contribution in [0.1, 0.15) is 24.2 Å². The van der Waals surface area contributed by atoms with Crippen LogP contribution in [-0.4, -0.2) is 31.9 Å². The normalized spacial score (nSPS) is 13.6. The Morgan fingerprint density at radius 1 is 1.23 bits per heavy atom. The van der Waals surface area contributed by atoms with Crippen molar-refractivity contribution in [1.82, 2.24) is 5.32 Å². The lowest BCUT2D eigenvalue weighted by molar-refractivity contribution is 0.166. The van der Waals surface area contributed by atoms with Gasteiger partial charge in [0.15, 0.2) is 0 Å². The van der Waals surface area contributed by atoms with Crippen molar-refractivity contribution in [1.29, 1.82) is 0 Å². The van der Waals surface area contributed by atoms with Crippen LogP contribution >= 0.6 is 11.3 Å². The number of methoxy groups -OCH3 is 2. The summed E-state index contributed by atoms with van der Waals surface area (Å²) in [5.41, 5.74) is 2.05. The quantitative estimate of drug-likeness (QED) is 0.785. The topological polar surface area (TPSA) is 50.7 Å². The Bertz CT molecular complexity index is 571. The summed E-state index contributed by atoms with van der Waals surface area (Å²) in [7, 11) is 3.21. The molecule has 2 N–H and O–H groups in total. The lowest BCUT2D eigenvalue weighted by Gasteiger charge is -2.19. The fraction of sp³-hybridized carbons (Fsp3) is 0.412. The Morgan fingerprint density at radius 3 is 2.68 bits per heavy atom. The van der Waals surface area contributed by atoms with Crippen LogP contribution in [0.2, 0.25) is 0 Å². The van der Waals surface area contributed by atoms with Crippen molar-refractivity contribution < 1.29 is 14.6 Å². The van der Waals surface area contributed by atoms with E-state index in [0.717, 1.165) is 12.0 Å². The number of hydrogen-bond donors (Lipinski definition) is 2. The van der Waals surface area contributed by atoms with Gasteiger partial charge in [0.2, 0.25) is 0 Å². The van der Waals surface area contributed by atoms with Crippen LogP contribution in [0.15, 0.2) is 35.0 Å². The molecule has 0 radical (unpaired) electrons. The largest absolute Gasteiger partial charge is 0.497 e. The molecule has 2 rings (SSSR count). The van der Waals surface area contributed by atoms with Gasteiger partial charge >= 0.3 is 0 Å². The molecule has 1 aromatic carbocycles. The Kier molecular flexibility index (Phi) is 6.24. The maximum atomic E-state index is 10.4. The van der Waals surface area contributed by atoms with Crippen LogP contribution in [-0.2, 0) is 6.42 Å². The highest BCUT2D eigenvalue weighted by Gasteiger charge is 2.15. The molecule has 0 aliphatic rings. The van der Waals surface area contributed by atoms with Crippen LogP contribution in [0.5, 0.6) is 11.5 Å². The molecule has 2 aromatic rings. The van der Waals surface area contributed by atoms with E-state index in [1.54, 1.807) is 25.6 Å². The Balaban J connectivity index is 1.95. The zero-order chi connectivity index (χ0) is 15.9. The molecule has 120 valence electrons. The summed E-state index contributed by atoms with van der Waals surface area (Å²) in [6.07, 6.45) is 0.306. The van der Waals surface area contributed by atoms with Gasteiger partial charge in [0.05, 0.1) is 20.3 Å². The van der Waals surface area contributed by atoms with Crippen molar-refractivity contribution in [3.8, 4) is 11.5 Å². The minimum atomic E-state index is -0.644. The van der Waals surface area contributed by atoms with Gasteiger partial charge in [0, 0.05) is 18.2 Å². The molecule has 5 heteroatoms. The third kappa shape index (κ3) is 4.47. The second-order valence-electron chi connectivity index (χ2n) is 5.27. The van der Waals surface area contributed by atoms with Crippen molar-refractivity contribution in [3.63, 3.8) is 0 Å². The maximum absolute atomic E-state index is 10.4. The van der Waals surface area contributed by atoms with E-state index >= 15 is 0 Å². The molecule has 0 saturated heterocycles. The van der Waals surface area contributed by atoms with E-state index in [-0.39, 0.29) is 0 Å². The van der Waals surface area contributed by atoms with Crippen LogP contribution in [0, 0.1) is 0 Å². The number of aliphatic hydroxyl groups excluding tert-OH is 1. The summed E-state index contributed by atoms with van der Waals surface area (Å²) in [4.78, 5) is 0. The summed E-state index contributed by atoms with van der Waals surface area (Å²) in [5, 5.41) is 18.0. The monoisotopic (exact) mass is 321 g/mol. The highest BCUT2D eigenvalue weighted by atomic mass is 32.1. The number of ether oxygens (including phenoxy) is 2. The van der Waals surface area contributed by atoms with Gasteiger partial charge in [0.25, 0.3) is 0 Å². The molecule has 1 heterocycles. The van der Waals surface area contributed by atoms with Crippen molar-refractivity contribution in [3.05, 3.63) is 46.2 Å². The first-order chi connectivity index (χ1) is 10.6. The molecular weight excluding hydrogens is 298 g/mol. The van der Waals surface area contributed by atoms with Gasteiger partial charge < -0.3 is 19.9 Å². The Hall–Kier alpha value is -1.56. The van der Waals surface area contributed by atoms with Crippen LogP contribution in [0.3, 0.4) is 0 Å². The molecule has 2 atom stereocenters. The lowest BCUT2D eigenvalue weighted by Crippen LogP contribution is -2.32. The number of nitrogens with one attached hydrogen (secondary N) is 1. The van der Waals surface area contributed by atoms with E-state index in [9.17, 15) is 5.11 Å². The second-order valence-corrected chi connectivity index (χ2v) is 6.05. The Labute approximate surface area is 135 Å². The molecule has 0 bridgehead atoms. The third-order valence-corrected chi connectivity index (χ3v) is 4.31. The highest BCUT2D eigenvalue weighted by Crippen LogP contribution is 2.29. The first kappa shape index (κ1) is 16.8. The minimum absolute atomic E-state index is 0.292. The molecule has 0 aliphatic heterocycles. The molecule has 22 heavy (non-hydrogen) atoms. The first-order valence-electron chi connectivity index (χ1n) is 7.28. The zero-order valence-corrected chi connectivity index (χ0v) is 14.0. The summed E-state index contributed by atoms with van der Waals surface area (Å²) in [5.74, 6) is 1.38. The van der Waals surface area contributed by atoms with E-state index in [0.29, 0.717) is 24.1 Å². The van der Waals surface area contributed by atoms with E-state index < -0.39 is 6.10 Å². The molecule has 0 aliphatic carbocycles. The molecule has 4 nitrogen and oxygen atoms in total. The van der Waals surface area contributed by atoms with E-state index in [4.69, 9.17) is 9.47 Å². The average molecular weight is 321 g/mol. The molecular formula is C17H23NO3S. The third-order valence-electron chi connectivity index (χ3n) is 3.58. The van der Waals surface area contributed by atoms with Crippen LogP contribution in [0.25, 0.3) is 0 Å². The van der Waals surface area contributed by atoms with Crippen molar-refractivity contribution in [2.45, 2.75) is 25.5 Å². The zero-order valence-electron chi connectivity index (χ0n) is 13.2. The molecule has 0 amide bonds. The van der Waals surface area contributed by atoms with E-state index in [1.807, 2.05) is 18.2 Å². The molecule has 0 saturated carbocycles. The minimum Gasteiger partial charge on any atom is -0.497 e. The summed E-state index contributed by atoms with van der Waals surface area (Å²) in [6, 6.07) is 7.87. The fourth-order valence-corrected chi connectivity index (χ4v) is 3.04. The smallest absolute Gasteiger partial charge is 0.124 e. The van der Waals surface area contributed by atoms with Gasteiger partial charge in [0.1, 0.15) is 11.5 Å². The van der Waals surface area contributed by atoms with Crippen LogP contribution < -0.4 is 14.8 Å². The molecule has 0 fully saturated rings. The number of rotatable bonds is 8. The van der Waals surface area contributed by atoms with E-state index in [2.05, 4.69) is 29.1 Å². The predicted molar refractivity (Wildman–Crippen MR) is 90.0 cm³/mol. The lowest BCUT2D eigenvalue weighted by atomic mass is 10.1. The van der Waals surface area contributed by atoms with Gasteiger partial charge in [-0.05, 0) is 53.9 Å². The van der Waals surface area contributed by atoms with Gasteiger partial charge in [-0.25, -0.2) is 0 Å². The van der Waals surface area contributed by atoms with E-state index in [1.165, 1.54) is 5.56 Å². The standard InChI is InChI=1S/C17H23NO3S/c1-12(8-13-6-7-22-11-13)18-10-16(19)15-9-14(20-2)4-5-17(15)21-3/h4-7,9,11-12,16,18-19H,8,10H2,1-3H3. The van der Waals surface area contributed by atoms with Crippen molar-refractivity contribution in [2.75, 3.05) is 20.8 Å². The second kappa shape index (κ2) is 8.17. The van der Waals surface area contributed by atoms with Crippen LogP contribution in [0.4, 0.5) is 0 Å². The number of thiophene rings is 1. The first-order valence-corrected chi connectivity index (χ1v) is 8.22. The highest BCUT2D eigenvalue weighted by molar-refractivity contribution is 7.07. The number of aliphatic hydroxyl groups is 1. The molecule has 2 unspecified atom stereocenters. The molecule has 1 aromatic heterocycles. The Morgan fingerprint density at radius 2 is 2.05 bits per heavy atom. The van der Waals surface area contributed by atoms with Gasteiger partial charge in [-0.15, -0.1) is 0 Å². The average Bonchev–Trinajstić information content (AvgIpc) is 3.04. The van der Waals surface area contributed by atoms with Gasteiger partial charge in [-0.3, -0.25) is 0 Å². The summed E-state index contributed by atoms with van der Waals surface area (Å²) >= 11 is 1.70. The van der Waals surface area contributed by atoms with Crippen molar-refractivity contribution in [2.24, 2.45) is 0 Å². The van der Waals surface area contributed by atoms with Crippen molar-refractivity contribution >= 4 is 11.3 Å². The predicted octanol–water partition coefficient (Wildman–Crippen LogP) is 3.02.